The molecule has 4 N–H and O–H groups in total. The molecule has 0 amide bonds. The van der Waals surface area contributed by atoms with Crippen LogP contribution in [0.5, 0.6) is 0 Å². The lowest BCUT2D eigenvalue weighted by atomic mass is 9.75. The summed E-state index contributed by atoms with van der Waals surface area (Å²) in [5, 5.41) is 19.2. The monoisotopic (exact) mass is 352 g/mol. The number of ketones is 1. The molecule has 0 unspecified atom stereocenters. The van der Waals surface area contributed by atoms with Gasteiger partial charge in [-0.3, -0.25) is 14.6 Å². The Morgan fingerprint density at radius 2 is 1.92 bits per heavy atom. The molecular formula is C19H32N2O4. The average molecular weight is 352 g/mol. The van der Waals surface area contributed by atoms with Gasteiger partial charge in [-0.25, -0.2) is 0 Å². The van der Waals surface area contributed by atoms with Crippen molar-refractivity contribution in [2.75, 3.05) is 6.54 Å². The molecule has 6 heteroatoms. The van der Waals surface area contributed by atoms with Crippen molar-refractivity contribution in [1.29, 1.82) is 0 Å². The second-order valence-electron chi connectivity index (χ2n) is 8.13. The van der Waals surface area contributed by atoms with E-state index in [-0.39, 0.29) is 17.0 Å². The lowest BCUT2D eigenvalue weighted by Gasteiger charge is -2.30. The van der Waals surface area contributed by atoms with Crippen LogP contribution in [0, 0.1) is 11.3 Å². The molecule has 0 heterocycles. The van der Waals surface area contributed by atoms with E-state index >= 15 is 0 Å². The van der Waals surface area contributed by atoms with E-state index in [0.29, 0.717) is 62.3 Å². The maximum Gasteiger partial charge on any atom is 0.320 e. The summed E-state index contributed by atoms with van der Waals surface area (Å²) in [4.78, 5) is 27.8. The Bertz CT molecular complexity index is 562. The molecule has 6 nitrogen and oxygen atoms in total. The molecule has 0 saturated heterocycles. The summed E-state index contributed by atoms with van der Waals surface area (Å²) in [5.74, 6) is -0.564. The SMILES string of the molecule is CC(C)CC(=NCCCC[C@@H](N)C(=O)O)C1=C(O)CC(C)(C)CC1=O. The van der Waals surface area contributed by atoms with E-state index in [1.807, 2.05) is 13.8 Å². The summed E-state index contributed by atoms with van der Waals surface area (Å²) in [6.45, 7) is 8.56. The van der Waals surface area contributed by atoms with Gasteiger partial charge in [0, 0.05) is 25.1 Å². The Hall–Kier alpha value is -1.69. The normalized spacial score (nSPS) is 19.4. The minimum absolute atomic E-state index is 0.0407. The Labute approximate surface area is 150 Å². The van der Waals surface area contributed by atoms with Crippen LogP contribution in [0.2, 0.25) is 0 Å². The van der Waals surface area contributed by atoms with E-state index in [1.54, 1.807) is 0 Å². The van der Waals surface area contributed by atoms with E-state index in [2.05, 4.69) is 18.8 Å². The van der Waals surface area contributed by atoms with Crippen LogP contribution in [-0.4, -0.2) is 40.3 Å². The third-order valence-corrected chi connectivity index (χ3v) is 4.29. The number of carboxylic acids is 1. The number of carboxylic acid groups (broad SMARTS) is 1. The first-order valence-electron chi connectivity index (χ1n) is 9.01. The van der Waals surface area contributed by atoms with Gasteiger partial charge in [0.2, 0.25) is 0 Å². The van der Waals surface area contributed by atoms with Crippen molar-refractivity contribution in [2.24, 2.45) is 22.1 Å². The number of Topliss-reactive ketones (excluding diaryl/α,β-unsaturated/α-hetero) is 1. The molecule has 0 aliphatic heterocycles. The maximum atomic E-state index is 12.5. The van der Waals surface area contributed by atoms with Crippen LogP contribution in [-0.2, 0) is 9.59 Å². The van der Waals surface area contributed by atoms with E-state index in [4.69, 9.17) is 10.8 Å². The van der Waals surface area contributed by atoms with Crippen molar-refractivity contribution in [3.8, 4) is 0 Å². The Morgan fingerprint density at radius 3 is 2.44 bits per heavy atom. The smallest absolute Gasteiger partial charge is 0.320 e. The zero-order valence-corrected chi connectivity index (χ0v) is 15.8. The quantitative estimate of drug-likeness (QED) is 0.435. The van der Waals surface area contributed by atoms with Gasteiger partial charge in [-0.05, 0) is 37.0 Å². The van der Waals surface area contributed by atoms with E-state index in [9.17, 15) is 14.7 Å². The summed E-state index contributed by atoms with van der Waals surface area (Å²) in [5.41, 5.74) is 6.34. The molecule has 25 heavy (non-hydrogen) atoms. The summed E-state index contributed by atoms with van der Waals surface area (Å²) in [6.07, 6.45) is 3.31. The second kappa shape index (κ2) is 9.13. The molecule has 1 aliphatic rings. The number of aliphatic carboxylic acids is 1. The van der Waals surface area contributed by atoms with E-state index in [1.165, 1.54) is 0 Å². The van der Waals surface area contributed by atoms with Gasteiger partial charge in [0.25, 0.3) is 0 Å². The van der Waals surface area contributed by atoms with Crippen molar-refractivity contribution in [1.82, 2.24) is 0 Å². The third-order valence-electron chi connectivity index (χ3n) is 4.29. The van der Waals surface area contributed by atoms with Crippen LogP contribution in [0.4, 0.5) is 0 Å². The predicted octanol–water partition coefficient (Wildman–Crippen LogP) is 3.26. The van der Waals surface area contributed by atoms with Crippen molar-refractivity contribution in [3.05, 3.63) is 11.3 Å². The molecule has 0 bridgehead atoms. The number of aliphatic hydroxyl groups excluding tert-OH is 1. The minimum atomic E-state index is -0.991. The van der Waals surface area contributed by atoms with Gasteiger partial charge < -0.3 is 15.9 Å². The first-order valence-corrected chi connectivity index (χ1v) is 9.01. The molecule has 0 aromatic carbocycles. The molecule has 1 atom stereocenters. The largest absolute Gasteiger partial charge is 0.511 e. The van der Waals surface area contributed by atoms with Crippen molar-refractivity contribution < 1.29 is 19.8 Å². The van der Waals surface area contributed by atoms with Gasteiger partial charge in [0.1, 0.15) is 11.8 Å². The number of aliphatic imine (C=N–C) groups is 1. The fourth-order valence-electron chi connectivity index (χ4n) is 3.06. The molecule has 0 spiro atoms. The third kappa shape index (κ3) is 6.98. The van der Waals surface area contributed by atoms with Crippen molar-refractivity contribution in [2.45, 2.75) is 72.3 Å². The van der Waals surface area contributed by atoms with Crippen LogP contribution in [0.1, 0.15) is 66.2 Å². The molecule has 0 aromatic heterocycles. The van der Waals surface area contributed by atoms with Gasteiger partial charge in [-0.1, -0.05) is 27.7 Å². The van der Waals surface area contributed by atoms with Crippen LogP contribution in [0.3, 0.4) is 0 Å². The molecule has 0 saturated carbocycles. The number of rotatable bonds is 9. The number of carbonyl (C=O) groups is 2. The molecule has 0 aromatic rings. The van der Waals surface area contributed by atoms with Crippen LogP contribution < -0.4 is 5.73 Å². The van der Waals surface area contributed by atoms with Gasteiger partial charge in [-0.15, -0.1) is 0 Å². The summed E-state index contributed by atoms with van der Waals surface area (Å²) in [6, 6.07) is -0.840. The molecule has 0 fully saturated rings. The highest BCUT2D eigenvalue weighted by atomic mass is 16.4. The first-order chi connectivity index (χ1) is 11.5. The molecule has 0 radical (unpaired) electrons. The highest BCUT2D eigenvalue weighted by molar-refractivity contribution is 6.23. The van der Waals surface area contributed by atoms with Crippen molar-refractivity contribution >= 4 is 17.5 Å². The van der Waals surface area contributed by atoms with E-state index in [0.717, 1.165) is 0 Å². The summed E-state index contributed by atoms with van der Waals surface area (Å²) >= 11 is 0. The van der Waals surface area contributed by atoms with E-state index < -0.39 is 12.0 Å². The number of nitrogens with two attached hydrogens (primary N) is 1. The molecular weight excluding hydrogens is 320 g/mol. The Kier molecular flexibility index (Phi) is 7.80. The summed E-state index contributed by atoms with van der Waals surface area (Å²) < 4.78 is 0. The first kappa shape index (κ1) is 21.4. The number of nitrogens with zero attached hydrogens (tertiary/aromatic N) is 1. The Balaban J connectivity index is 2.80. The minimum Gasteiger partial charge on any atom is -0.511 e. The fraction of sp³-hybridized carbons (Fsp3) is 0.737. The van der Waals surface area contributed by atoms with Crippen LogP contribution in [0.15, 0.2) is 16.3 Å². The number of carbonyl (C=O) groups excluding carboxylic acids is 1. The average Bonchev–Trinajstić information content (AvgIpc) is 2.43. The number of aliphatic hydroxyl groups is 1. The topological polar surface area (TPSA) is 113 Å². The molecule has 142 valence electrons. The van der Waals surface area contributed by atoms with Crippen LogP contribution >= 0.6 is 0 Å². The maximum absolute atomic E-state index is 12.5. The van der Waals surface area contributed by atoms with Crippen molar-refractivity contribution in [3.63, 3.8) is 0 Å². The van der Waals surface area contributed by atoms with Gasteiger partial charge in [-0.2, -0.15) is 0 Å². The Morgan fingerprint density at radius 1 is 1.28 bits per heavy atom. The molecule has 1 rings (SSSR count). The molecule has 1 aliphatic carbocycles. The van der Waals surface area contributed by atoms with Crippen LogP contribution in [0.25, 0.3) is 0 Å². The number of allylic oxidation sites excluding steroid dienone is 2. The van der Waals surface area contributed by atoms with Gasteiger partial charge >= 0.3 is 5.97 Å². The fourth-order valence-corrected chi connectivity index (χ4v) is 3.06. The highest BCUT2D eigenvalue weighted by Crippen LogP contribution is 2.36. The number of hydrogen-bond acceptors (Lipinski definition) is 5. The lowest BCUT2D eigenvalue weighted by Crippen LogP contribution is -2.30. The standard InChI is InChI=1S/C19H32N2O4/c1-12(2)9-14(21-8-6-5-7-13(20)18(24)25)17-15(22)10-19(3,4)11-16(17)23/h12-13,22H,5-11,20H2,1-4H3,(H,24,25)/t13-/m1/s1. The van der Waals surface area contributed by atoms with Gasteiger partial charge in [0.05, 0.1) is 5.57 Å². The lowest BCUT2D eigenvalue weighted by molar-refractivity contribution is -0.138. The summed E-state index contributed by atoms with van der Waals surface area (Å²) in [7, 11) is 0. The second-order valence-corrected chi connectivity index (χ2v) is 8.13. The number of hydrogen-bond donors (Lipinski definition) is 3. The van der Waals surface area contributed by atoms with Gasteiger partial charge in [0.15, 0.2) is 5.78 Å². The highest BCUT2D eigenvalue weighted by Gasteiger charge is 2.35. The zero-order valence-electron chi connectivity index (χ0n) is 15.8. The zero-order chi connectivity index (χ0) is 19.2. The number of unbranched alkanes of at least 4 members (excludes halogenated alkanes) is 1. The predicted molar refractivity (Wildman–Crippen MR) is 98.9 cm³/mol.